The highest BCUT2D eigenvalue weighted by Gasteiger charge is 2.41. The predicted molar refractivity (Wildman–Crippen MR) is 75.1 cm³/mol. The molecule has 3 rings (SSSR count). The third kappa shape index (κ3) is 2.32. The van der Waals surface area contributed by atoms with Crippen LogP contribution in [0.2, 0.25) is 0 Å². The van der Waals surface area contributed by atoms with Gasteiger partial charge in [0.2, 0.25) is 0 Å². The fourth-order valence-corrected chi connectivity index (χ4v) is 4.57. The SMILES string of the molecule is CCCc1nccn1C1CCOC2(CCSC2)C1. The minimum atomic E-state index is 0.168. The number of thioether (sulfide) groups is 1. The highest BCUT2D eigenvalue weighted by molar-refractivity contribution is 7.99. The van der Waals surface area contributed by atoms with Crippen molar-refractivity contribution in [3.63, 3.8) is 0 Å². The minimum Gasteiger partial charge on any atom is -0.374 e. The van der Waals surface area contributed by atoms with E-state index in [1.807, 2.05) is 18.0 Å². The number of nitrogens with zero attached hydrogens (tertiary/aromatic N) is 2. The molecule has 2 fully saturated rings. The molecule has 0 amide bonds. The lowest BCUT2D eigenvalue weighted by molar-refractivity contribution is -0.0765. The van der Waals surface area contributed by atoms with Gasteiger partial charge in [-0.25, -0.2) is 4.98 Å². The molecule has 3 nitrogen and oxygen atoms in total. The molecule has 2 aliphatic rings. The molecule has 2 aliphatic heterocycles. The Bertz CT molecular complexity index is 398. The molecule has 2 atom stereocenters. The van der Waals surface area contributed by atoms with Gasteiger partial charge in [0.1, 0.15) is 5.82 Å². The van der Waals surface area contributed by atoms with Gasteiger partial charge < -0.3 is 9.30 Å². The second-order valence-corrected chi connectivity index (χ2v) is 6.59. The van der Waals surface area contributed by atoms with Crippen molar-refractivity contribution < 1.29 is 4.74 Å². The van der Waals surface area contributed by atoms with Crippen molar-refractivity contribution in [3.05, 3.63) is 18.2 Å². The van der Waals surface area contributed by atoms with Gasteiger partial charge in [-0.2, -0.15) is 11.8 Å². The van der Waals surface area contributed by atoms with Crippen LogP contribution in [0.4, 0.5) is 0 Å². The van der Waals surface area contributed by atoms with E-state index in [0.29, 0.717) is 6.04 Å². The molecule has 3 heterocycles. The van der Waals surface area contributed by atoms with E-state index >= 15 is 0 Å². The zero-order valence-electron chi connectivity index (χ0n) is 11.1. The fourth-order valence-electron chi connectivity index (χ4n) is 3.20. The normalized spacial score (nSPS) is 32.2. The molecule has 1 spiro atoms. The van der Waals surface area contributed by atoms with Gasteiger partial charge in [-0.3, -0.25) is 0 Å². The van der Waals surface area contributed by atoms with Gasteiger partial charge in [-0.15, -0.1) is 0 Å². The van der Waals surface area contributed by atoms with Gasteiger partial charge >= 0.3 is 0 Å². The first-order valence-electron chi connectivity index (χ1n) is 7.06. The Kier molecular flexibility index (Phi) is 3.66. The number of aryl methyl sites for hydroxylation is 1. The lowest BCUT2D eigenvalue weighted by atomic mass is 9.89. The van der Waals surface area contributed by atoms with Crippen LogP contribution in [-0.4, -0.2) is 33.3 Å². The highest BCUT2D eigenvalue weighted by atomic mass is 32.2. The third-order valence-electron chi connectivity index (χ3n) is 4.15. The van der Waals surface area contributed by atoms with Crippen LogP contribution in [-0.2, 0) is 11.2 Å². The van der Waals surface area contributed by atoms with Gasteiger partial charge in [0.15, 0.2) is 0 Å². The van der Waals surface area contributed by atoms with Crippen molar-refractivity contribution in [2.24, 2.45) is 0 Å². The molecule has 0 aliphatic carbocycles. The van der Waals surface area contributed by atoms with Gasteiger partial charge in [0.25, 0.3) is 0 Å². The second-order valence-electron chi connectivity index (χ2n) is 5.48. The topological polar surface area (TPSA) is 27.1 Å². The number of rotatable bonds is 3. The Hall–Kier alpha value is -0.480. The predicted octanol–water partition coefficient (Wildman–Crippen LogP) is 3.06. The van der Waals surface area contributed by atoms with Gasteiger partial charge in [-0.1, -0.05) is 6.92 Å². The number of ether oxygens (including phenoxy) is 1. The Balaban J connectivity index is 1.77. The lowest BCUT2D eigenvalue weighted by Crippen LogP contribution is -2.40. The average Bonchev–Trinajstić information content (AvgIpc) is 3.00. The van der Waals surface area contributed by atoms with E-state index in [-0.39, 0.29) is 5.60 Å². The van der Waals surface area contributed by atoms with Crippen LogP contribution in [0.15, 0.2) is 12.4 Å². The smallest absolute Gasteiger partial charge is 0.108 e. The molecule has 0 N–H and O–H groups in total. The first kappa shape index (κ1) is 12.5. The molecule has 0 radical (unpaired) electrons. The molecule has 4 heteroatoms. The van der Waals surface area contributed by atoms with Crippen molar-refractivity contribution in [2.75, 3.05) is 18.1 Å². The summed E-state index contributed by atoms with van der Waals surface area (Å²) < 4.78 is 8.51. The second kappa shape index (κ2) is 5.25. The molecule has 18 heavy (non-hydrogen) atoms. The van der Waals surface area contributed by atoms with E-state index in [1.54, 1.807) is 0 Å². The molecule has 0 bridgehead atoms. The molecule has 1 aromatic rings. The van der Waals surface area contributed by atoms with Crippen LogP contribution in [0.3, 0.4) is 0 Å². The number of hydrogen-bond donors (Lipinski definition) is 0. The molecular formula is C14H22N2OS. The van der Waals surface area contributed by atoms with E-state index in [9.17, 15) is 0 Å². The van der Waals surface area contributed by atoms with Gasteiger partial charge in [0, 0.05) is 37.2 Å². The Labute approximate surface area is 113 Å². The monoisotopic (exact) mass is 266 g/mol. The van der Waals surface area contributed by atoms with Crippen molar-refractivity contribution in [1.82, 2.24) is 9.55 Å². The van der Waals surface area contributed by atoms with E-state index in [0.717, 1.165) is 19.4 Å². The van der Waals surface area contributed by atoms with E-state index in [4.69, 9.17) is 4.74 Å². The third-order valence-corrected chi connectivity index (χ3v) is 5.37. The maximum atomic E-state index is 6.10. The maximum absolute atomic E-state index is 6.10. The summed E-state index contributed by atoms with van der Waals surface area (Å²) in [5.74, 6) is 3.70. The van der Waals surface area contributed by atoms with Crippen LogP contribution in [0, 0.1) is 0 Å². The van der Waals surface area contributed by atoms with Crippen molar-refractivity contribution in [2.45, 2.75) is 50.7 Å². The van der Waals surface area contributed by atoms with Crippen LogP contribution >= 0.6 is 11.8 Å². The van der Waals surface area contributed by atoms with E-state index in [1.165, 1.54) is 36.6 Å². The largest absolute Gasteiger partial charge is 0.374 e. The Morgan fingerprint density at radius 1 is 1.61 bits per heavy atom. The Morgan fingerprint density at radius 2 is 2.56 bits per heavy atom. The number of hydrogen-bond acceptors (Lipinski definition) is 3. The molecule has 2 saturated heterocycles. The summed E-state index contributed by atoms with van der Waals surface area (Å²) in [5.41, 5.74) is 0.168. The van der Waals surface area contributed by atoms with E-state index in [2.05, 4.69) is 22.7 Å². The summed E-state index contributed by atoms with van der Waals surface area (Å²) in [5, 5.41) is 0. The Morgan fingerprint density at radius 3 is 3.33 bits per heavy atom. The molecule has 1 aromatic heterocycles. The number of imidazole rings is 1. The molecular weight excluding hydrogens is 244 g/mol. The van der Waals surface area contributed by atoms with Crippen molar-refractivity contribution in [1.29, 1.82) is 0 Å². The number of aromatic nitrogens is 2. The summed E-state index contributed by atoms with van der Waals surface area (Å²) >= 11 is 2.04. The molecule has 0 saturated carbocycles. The standard InChI is InChI=1S/C14H22N2OS/c1-2-3-13-15-6-7-16(13)12-4-8-17-14(10-12)5-9-18-11-14/h6-7,12H,2-5,8-11H2,1H3. The highest BCUT2D eigenvalue weighted by Crippen LogP contribution is 2.42. The minimum absolute atomic E-state index is 0.168. The van der Waals surface area contributed by atoms with Gasteiger partial charge in [-0.05, 0) is 31.4 Å². The molecule has 100 valence electrons. The first-order valence-corrected chi connectivity index (χ1v) is 8.22. The van der Waals surface area contributed by atoms with E-state index < -0.39 is 0 Å². The molecule has 2 unspecified atom stereocenters. The first-order chi connectivity index (χ1) is 8.83. The lowest BCUT2D eigenvalue weighted by Gasteiger charge is -2.38. The quantitative estimate of drug-likeness (QED) is 0.841. The van der Waals surface area contributed by atoms with Crippen molar-refractivity contribution >= 4 is 11.8 Å². The van der Waals surface area contributed by atoms with Crippen molar-refractivity contribution in [3.8, 4) is 0 Å². The zero-order chi connectivity index (χ0) is 12.4. The fraction of sp³-hybridized carbons (Fsp3) is 0.786. The van der Waals surface area contributed by atoms with Crippen LogP contribution in [0.1, 0.15) is 44.5 Å². The van der Waals surface area contributed by atoms with Crippen LogP contribution < -0.4 is 0 Å². The molecule has 0 aromatic carbocycles. The van der Waals surface area contributed by atoms with Crippen LogP contribution in [0.5, 0.6) is 0 Å². The summed E-state index contributed by atoms with van der Waals surface area (Å²) in [4.78, 5) is 4.51. The summed E-state index contributed by atoms with van der Waals surface area (Å²) in [6.07, 6.45) is 9.92. The average molecular weight is 266 g/mol. The van der Waals surface area contributed by atoms with Gasteiger partial charge in [0.05, 0.1) is 5.60 Å². The van der Waals surface area contributed by atoms with Crippen LogP contribution in [0.25, 0.3) is 0 Å². The zero-order valence-corrected chi connectivity index (χ0v) is 11.9. The maximum Gasteiger partial charge on any atom is 0.108 e. The summed E-state index contributed by atoms with van der Waals surface area (Å²) in [6.45, 7) is 3.13. The summed E-state index contributed by atoms with van der Waals surface area (Å²) in [6, 6.07) is 0.599. The summed E-state index contributed by atoms with van der Waals surface area (Å²) in [7, 11) is 0.